The predicted octanol–water partition coefficient (Wildman–Crippen LogP) is 3.46. The van der Waals surface area contributed by atoms with E-state index in [0.717, 1.165) is 25.9 Å². The third-order valence-electron chi connectivity index (χ3n) is 4.91. The maximum atomic E-state index is 12.7. The van der Waals surface area contributed by atoms with Crippen LogP contribution < -0.4 is 15.4 Å². The van der Waals surface area contributed by atoms with Crippen molar-refractivity contribution >= 4 is 34.8 Å². The highest BCUT2D eigenvalue weighted by molar-refractivity contribution is 7.80. The normalized spacial score (nSPS) is 13.4. The Kier molecular flexibility index (Phi) is 8.37. The lowest BCUT2D eigenvalue weighted by Crippen LogP contribution is -2.36. The third kappa shape index (κ3) is 6.50. The Morgan fingerprint density at radius 1 is 1.03 bits per heavy atom. The number of carbonyl (C=O) groups excluding carboxylic acids is 2. The number of likely N-dealkylation sites (tertiary alicyclic amines) is 1. The molecule has 1 heterocycles. The third-order valence-corrected chi connectivity index (χ3v) is 5.12. The second kappa shape index (κ2) is 11.4. The van der Waals surface area contributed by atoms with Crippen LogP contribution in [0.5, 0.6) is 5.75 Å². The number of thiocarbonyl (C=S) groups is 1. The van der Waals surface area contributed by atoms with Crippen LogP contribution in [0.1, 0.15) is 40.0 Å². The molecule has 0 unspecified atom stereocenters. The van der Waals surface area contributed by atoms with E-state index in [1.165, 1.54) is 6.42 Å². The Bertz CT molecular complexity index is 929. The quantitative estimate of drug-likeness (QED) is 0.506. The monoisotopic (exact) mass is 441 g/mol. The molecule has 1 aliphatic heterocycles. The topological polar surface area (TPSA) is 79.9 Å². The van der Waals surface area contributed by atoms with Crippen molar-refractivity contribution in [1.29, 1.82) is 0 Å². The molecule has 31 heavy (non-hydrogen) atoms. The largest absolute Gasteiger partial charge is 0.490 e. The molecule has 1 fully saturated rings. The molecule has 0 saturated carbocycles. The minimum Gasteiger partial charge on any atom is -0.490 e. The van der Waals surface area contributed by atoms with Crippen molar-refractivity contribution in [3.05, 3.63) is 59.7 Å². The number of methoxy groups -OCH3 is 1. The predicted molar refractivity (Wildman–Crippen MR) is 124 cm³/mol. The lowest BCUT2D eigenvalue weighted by molar-refractivity contribution is 0.0724. The van der Waals surface area contributed by atoms with E-state index < -0.39 is 0 Å². The van der Waals surface area contributed by atoms with Gasteiger partial charge in [-0.15, -0.1) is 0 Å². The zero-order chi connectivity index (χ0) is 22.1. The van der Waals surface area contributed by atoms with Gasteiger partial charge in [0.2, 0.25) is 0 Å². The van der Waals surface area contributed by atoms with E-state index >= 15 is 0 Å². The molecule has 8 heteroatoms. The van der Waals surface area contributed by atoms with Crippen LogP contribution >= 0.6 is 12.2 Å². The van der Waals surface area contributed by atoms with Crippen molar-refractivity contribution in [2.45, 2.75) is 19.3 Å². The van der Waals surface area contributed by atoms with Crippen LogP contribution in [0.3, 0.4) is 0 Å². The number of carbonyl (C=O) groups is 2. The minimum atomic E-state index is -0.383. The average Bonchev–Trinajstić information content (AvgIpc) is 2.79. The highest BCUT2D eigenvalue weighted by atomic mass is 32.1. The zero-order valence-electron chi connectivity index (χ0n) is 17.6. The number of amides is 2. The Hall–Kier alpha value is -2.97. The molecule has 164 valence electrons. The number of benzene rings is 2. The van der Waals surface area contributed by atoms with E-state index in [0.29, 0.717) is 35.8 Å². The first-order valence-electron chi connectivity index (χ1n) is 10.3. The van der Waals surface area contributed by atoms with Crippen molar-refractivity contribution in [1.82, 2.24) is 10.2 Å². The highest BCUT2D eigenvalue weighted by Crippen LogP contribution is 2.19. The van der Waals surface area contributed by atoms with Crippen molar-refractivity contribution in [2.75, 3.05) is 38.7 Å². The number of ether oxygens (including phenoxy) is 2. The van der Waals surface area contributed by atoms with Gasteiger partial charge in [-0.1, -0.05) is 18.2 Å². The van der Waals surface area contributed by atoms with Crippen molar-refractivity contribution in [3.63, 3.8) is 0 Å². The van der Waals surface area contributed by atoms with Crippen molar-refractivity contribution in [2.24, 2.45) is 0 Å². The summed E-state index contributed by atoms with van der Waals surface area (Å²) in [7, 11) is 1.58. The molecule has 2 amide bonds. The minimum absolute atomic E-state index is 0.0143. The summed E-state index contributed by atoms with van der Waals surface area (Å²) in [6.45, 7) is 2.33. The van der Waals surface area contributed by atoms with Crippen molar-refractivity contribution in [3.8, 4) is 5.75 Å². The second-order valence-electron chi connectivity index (χ2n) is 7.18. The SMILES string of the molecule is COCCOc1ccccc1C(=O)NC(=S)Nc1cccc(C(=O)N2CCCCC2)c1. The molecule has 1 saturated heterocycles. The van der Waals surface area contributed by atoms with Gasteiger partial charge in [0.05, 0.1) is 12.2 Å². The van der Waals surface area contributed by atoms with E-state index in [1.807, 2.05) is 4.90 Å². The summed E-state index contributed by atoms with van der Waals surface area (Å²) in [5.74, 6) is 0.0838. The maximum Gasteiger partial charge on any atom is 0.261 e. The fourth-order valence-electron chi connectivity index (χ4n) is 3.36. The molecule has 2 N–H and O–H groups in total. The molecule has 2 aromatic rings. The smallest absolute Gasteiger partial charge is 0.261 e. The van der Waals surface area contributed by atoms with Gasteiger partial charge in [0.1, 0.15) is 12.4 Å². The van der Waals surface area contributed by atoms with Gasteiger partial charge >= 0.3 is 0 Å². The number of nitrogens with one attached hydrogen (secondary N) is 2. The number of piperidine rings is 1. The lowest BCUT2D eigenvalue weighted by atomic mass is 10.1. The molecule has 2 aromatic carbocycles. The summed E-state index contributed by atoms with van der Waals surface area (Å²) in [5.41, 5.74) is 1.60. The first-order valence-corrected chi connectivity index (χ1v) is 10.7. The Balaban J connectivity index is 1.61. The Morgan fingerprint density at radius 3 is 2.58 bits per heavy atom. The van der Waals surface area contributed by atoms with E-state index in [1.54, 1.807) is 55.6 Å². The van der Waals surface area contributed by atoms with Crippen LogP contribution in [-0.4, -0.2) is 55.2 Å². The molecular weight excluding hydrogens is 414 g/mol. The molecule has 3 rings (SSSR count). The molecule has 0 aliphatic carbocycles. The van der Waals surface area contributed by atoms with Gasteiger partial charge < -0.3 is 19.7 Å². The summed E-state index contributed by atoms with van der Waals surface area (Å²) in [6, 6.07) is 14.1. The molecule has 0 bridgehead atoms. The molecule has 7 nitrogen and oxygen atoms in total. The number of nitrogens with zero attached hydrogens (tertiary/aromatic N) is 1. The summed E-state index contributed by atoms with van der Waals surface area (Å²) < 4.78 is 10.6. The fourth-order valence-corrected chi connectivity index (χ4v) is 3.57. The molecule has 0 radical (unpaired) electrons. The summed E-state index contributed by atoms with van der Waals surface area (Å²) in [6.07, 6.45) is 3.24. The zero-order valence-corrected chi connectivity index (χ0v) is 18.4. The van der Waals surface area contributed by atoms with Crippen LogP contribution in [0.4, 0.5) is 5.69 Å². The van der Waals surface area contributed by atoms with Gasteiger partial charge in [-0.05, 0) is 61.8 Å². The molecule has 1 aliphatic rings. The molecule has 0 atom stereocenters. The molecule has 0 aromatic heterocycles. The molecular formula is C23H27N3O4S. The fraction of sp³-hybridized carbons (Fsp3) is 0.348. The average molecular weight is 442 g/mol. The van der Waals surface area contributed by atoms with Crippen LogP contribution in [-0.2, 0) is 4.74 Å². The number of hydrogen-bond acceptors (Lipinski definition) is 5. The van der Waals surface area contributed by atoms with E-state index in [4.69, 9.17) is 21.7 Å². The first kappa shape index (κ1) is 22.7. The second-order valence-corrected chi connectivity index (χ2v) is 7.59. The van der Waals surface area contributed by atoms with Gasteiger partial charge in [-0.2, -0.15) is 0 Å². The summed E-state index contributed by atoms with van der Waals surface area (Å²) in [5, 5.41) is 5.78. The Labute approximate surface area is 187 Å². The van der Waals surface area contributed by atoms with Gasteiger partial charge in [0.25, 0.3) is 11.8 Å². The van der Waals surface area contributed by atoms with Gasteiger partial charge in [0, 0.05) is 31.5 Å². The van der Waals surface area contributed by atoms with Crippen molar-refractivity contribution < 1.29 is 19.1 Å². The number of hydrogen-bond donors (Lipinski definition) is 2. The summed E-state index contributed by atoms with van der Waals surface area (Å²) >= 11 is 5.30. The van der Waals surface area contributed by atoms with E-state index in [2.05, 4.69) is 10.6 Å². The number of para-hydroxylation sites is 1. The number of anilines is 1. The maximum absolute atomic E-state index is 12.7. The highest BCUT2D eigenvalue weighted by Gasteiger charge is 2.19. The standard InChI is InChI=1S/C23H27N3O4S/c1-29-14-15-30-20-11-4-3-10-19(20)21(27)25-23(31)24-18-9-7-8-17(16-18)22(28)26-12-5-2-6-13-26/h3-4,7-11,16H,2,5-6,12-15H2,1H3,(H2,24,25,27,31). The van der Waals surface area contributed by atoms with Crippen LogP contribution in [0.25, 0.3) is 0 Å². The van der Waals surface area contributed by atoms with Crippen LogP contribution in [0.2, 0.25) is 0 Å². The van der Waals surface area contributed by atoms with Gasteiger partial charge in [-0.25, -0.2) is 0 Å². The van der Waals surface area contributed by atoms with Crippen LogP contribution in [0.15, 0.2) is 48.5 Å². The van der Waals surface area contributed by atoms with Crippen LogP contribution in [0, 0.1) is 0 Å². The first-order chi connectivity index (χ1) is 15.1. The number of rotatable bonds is 7. The molecule has 0 spiro atoms. The van der Waals surface area contributed by atoms with Gasteiger partial charge in [0.15, 0.2) is 5.11 Å². The van der Waals surface area contributed by atoms with Gasteiger partial charge in [-0.3, -0.25) is 14.9 Å². The van der Waals surface area contributed by atoms with E-state index in [-0.39, 0.29) is 16.9 Å². The Morgan fingerprint density at radius 2 is 1.81 bits per heavy atom. The van der Waals surface area contributed by atoms with E-state index in [9.17, 15) is 9.59 Å². The lowest BCUT2D eigenvalue weighted by Gasteiger charge is -2.26. The summed E-state index contributed by atoms with van der Waals surface area (Å²) in [4.78, 5) is 27.3.